The number of nitrogens with one attached hydrogen (secondary N) is 1. The fourth-order valence-electron chi connectivity index (χ4n) is 6.86. The van der Waals surface area contributed by atoms with Gasteiger partial charge in [0, 0.05) is 5.69 Å². The Morgan fingerprint density at radius 3 is 2.07 bits per heavy atom. The molecule has 1 saturated heterocycles. The molecule has 2 aliphatic carbocycles. The number of esters is 2. The molecule has 3 fully saturated rings. The third-order valence-electron chi connectivity index (χ3n) is 8.62. The van der Waals surface area contributed by atoms with Gasteiger partial charge in [0.15, 0.2) is 6.61 Å². The van der Waals surface area contributed by atoms with E-state index in [-0.39, 0.29) is 53.6 Å². The second-order valence-corrected chi connectivity index (χ2v) is 10.9. The van der Waals surface area contributed by atoms with Crippen molar-refractivity contribution in [2.45, 2.75) is 25.7 Å². The standard InChI is InChI=1S/C33H30N2O7/c1-2-41-32(39)20-8-12-23(13-9-20)34-27(36)18-42-33(40)21-10-14-24(15-11-21)35-30(37)28-22-16-25(19-6-4-3-5-7-19)26(17-22)29(28)31(35)38/h3-15,22,25-26,28-29H,2,16-18H2,1H3,(H,34,36)/t22-,25+,26+,28+,29-/m0/s1. The molecule has 42 heavy (non-hydrogen) atoms. The molecule has 0 spiro atoms. The van der Waals surface area contributed by atoms with Crippen molar-refractivity contribution in [3.63, 3.8) is 0 Å². The second kappa shape index (κ2) is 11.2. The summed E-state index contributed by atoms with van der Waals surface area (Å²) in [5.74, 6) is -2.01. The maximum Gasteiger partial charge on any atom is 0.338 e. The molecule has 9 heteroatoms. The number of amides is 3. The minimum Gasteiger partial charge on any atom is -0.462 e. The Bertz CT molecular complexity index is 1530. The van der Waals surface area contributed by atoms with Gasteiger partial charge in [-0.15, -0.1) is 0 Å². The molecule has 3 amide bonds. The Morgan fingerprint density at radius 2 is 1.40 bits per heavy atom. The van der Waals surface area contributed by atoms with Crippen LogP contribution < -0.4 is 10.2 Å². The minimum atomic E-state index is -0.714. The van der Waals surface area contributed by atoms with Gasteiger partial charge in [0.2, 0.25) is 11.8 Å². The fraction of sp³-hybridized carbons (Fsp3) is 0.303. The number of ether oxygens (including phenoxy) is 2. The summed E-state index contributed by atoms with van der Waals surface area (Å²) in [6.07, 6.45) is 1.82. The highest BCUT2D eigenvalue weighted by Gasteiger charge is 2.64. The van der Waals surface area contributed by atoms with E-state index in [0.717, 1.165) is 12.8 Å². The van der Waals surface area contributed by atoms with Crippen LogP contribution in [0.5, 0.6) is 0 Å². The van der Waals surface area contributed by atoms with Gasteiger partial charge in [-0.1, -0.05) is 30.3 Å². The van der Waals surface area contributed by atoms with Crippen molar-refractivity contribution in [2.75, 3.05) is 23.4 Å². The molecular formula is C33H30N2O7. The summed E-state index contributed by atoms with van der Waals surface area (Å²) in [4.78, 5) is 64.8. The lowest BCUT2D eigenvalue weighted by Gasteiger charge is -2.28. The van der Waals surface area contributed by atoms with Crippen molar-refractivity contribution in [3.8, 4) is 0 Å². The Hall–Kier alpha value is -4.79. The van der Waals surface area contributed by atoms with Gasteiger partial charge in [0.05, 0.1) is 35.3 Å². The van der Waals surface area contributed by atoms with E-state index in [2.05, 4.69) is 17.4 Å². The summed E-state index contributed by atoms with van der Waals surface area (Å²) in [6, 6.07) is 22.5. The molecule has 1 N–H and O–H groups in total. The van der Waals surface area contributed by atoms with Crippen molar-refractivity contribution in [1.29, 1.82) is 0 Å². The fourth-order valence-corrected chi connectivity index (χ4v) is 6.86. The number of hydrogen-bond acceptors (Lipinski definition) is 7. The van der Waals surface area contributed by atoms with Gasteiger partial charge in [0.25, 0.3) is 5.91 Å². The van der Waals surface area contributed by atoms with Crippen molar-refractivity contribution >= 4 is 41.0 Å². The van der Waals surface area contributed by atoms with Crippen molar-refractivity contribution < 1.29 is 33.4 Å². The molecule has 214 valence electrons. The van der Waals surface area contributed by atoms with Gasteiger partial charge >= 0.3 is 11.9 Å². The third kappa shape index (κ3) is 4.95. The number of carbonyl (C=O) groups is 5. The van der Waals surface area contributed by atoms with Crippen LogP contribution in [0, 0.1) is 23.7 Å². The van der Waals surface area contributed by atoms with E-state index in [0.29, 0.717) is 16.9 Å². The van der Waals surface area contributed by atoms with Crippen LogP contribution in [0.15, 0.2) is 78.9 Å². The molecule has 3 aromatic rings. The molecule has 0 radical (unpaired) electrons. The van der Waals surface area contributed by atoms with E-state index < -0.39 is 24.5 Å². The summed E-state index contributed by atoms with van der Waals surface area (Å²) in [5, 5.41) is 2.60. The van der Waals surface area contributed by atoms with Crippen LogP contribution in [-0.4, -0.2) is 42.9 Å². The Balaban J connectivity index is 1.05. The normalized spacial score (nSPS) is 23.9. The quantitative estimate of drug-likeness (QED) is 0.313. The molecule has 9 nitrogen and oxygen atoms in total. The van der Waals surface area contributed by atoms with E-state index in [1.807, 2.05) is 18.2 Å². The van der Waals surface area contributed by atoms with Crippen LogP contribution in [0.3, 0.4) is 0 Å². The highest BCUT2D eigenvalue weighted by atomic mass is 16.5. The zero-order valence-corrected chi connectivity index (χ0v) is 23.0. The molecular weight excluding hydrogens is 536 g/mol. The topological polar surface area (TPSA) is 119 Å². The van der Waals surface area contributed by atoms with E-state index in [4.69, 9.17) is 9.47 Å². The first-order valence-electron chi connectivity index (χ1n) is 14.1. The number of carbonyl (C=O) groups excluding carboxylic acids is 5. The lowest BCUT2D eigenvalue weighted by molar-refractivity contribution is -0.123. The number of fused-ring (bicyclic) bond motifs is 5. The first kappa shape index (κ1) is 27.4. The van der Waals surface area contributed by atoms with E-state index in [1.165, 1.54) is 34.7 Å². The zero-order chi connectivity index (χ0) is 29.4. The number of imide groups is 1. The molecule has 3 aromatic carbocycles. The number of hydrogen-bond donors (Lipinski definition) is 1. The number of nitrogens with zero attached hydrogens (tertiary/aromatic N) is 1. The first-order valence-corrected chi connectivity index (χ1v) is 14.1. The van der Waals surface area contributed by atoms with Gasteiger partial charge in [-0.2, -0.15) is 0 Å². The average Bonchev–Trinajstić information content (AvgIpc) is 3.68. The van der Waals surface area contributed by atoms with Crippen molar-refractivity contribution in [1.82, 2.24) is 0 Å². The summed E-state index contributed by atoms with van der Waals surface area (Å²) < 4.78 is 10.1. The Morgan fingerprint density at radius 1 is 0.786 bits per heavy atom. The number of benzene rings is 3. The molecule has 2 bridgehead atoms. The summed E-state index contributed by atoms with van der Waals surface area (Å²) in [7, 11) is 0. The Labute approximate surface area is 242 Å². The van der Waals surface area contributed by atoms with Gasteiger partial charge in [-0.3, -0.25) is 19.3 Å². The summed E-state index contributed by atoms with van der Waals surface area (Å²) >= 11 is 0. The lowest BCUT2D eigenvalue weighted by atomic mass is 9.73. The summed E-state index contributed by atoms with van der Waals surface area (Å²) in [6.45, 7) is 1.46. The highest BCUT2D eigenvalue weighted by Crippen LogP contribution is 2.61. The van der Waals surface area contributed by atoms with Crippen LogP contribution in [0.1, 0.15) is 52.0 Å². The smallest absolute Gasteiger partial charge is 0.338 e. The molecule has 5 atom stereocenters. The molecule has 0 unspecified atom stereocenters. The van der Waals surface area contributed by atoms with E-state index >= 15 is 0 Å². The monoisotopic (exact) mass is 566 g/mol. The first-order chi connectivity index (χ1) is 20.4. The minimum absolute atomic E-state index is 0.153. The van der Waals surface area contributed by atoms with Crippen LogP contribution in [-0.2, 0) is 23.9 Å². The van der Waals surface area contributed by atoms with Gasteiger partial charge in [0.1, 0.15) is 0 Å². The maximum atomic E-state index is 13.5. The predicted molar refractivity (Wildman–Crippen MR) is 153 cm³/mol. The number of anilines is 2. The van der Waals surface area contributed by atoms with Gasteiger partial charge < -0.3 is 14.8 Å². The average molecular weight is 567 g/mol. The predicted octanol–water partition coefficient (Wildman–Crippen LogP) is 4.59. The summed E-state index contributed by atoms with van der Waals surface area (Å²) in [5.41, 5.74) is 2.63. The van der Waals surface area contributed by atoms with E-state index in [1.54, 1.807) is 31.2 Å². The third-order valence-corrected chi connectivity index (χ3v) is 8.62. The highest BCUT2D eigenvalue weighted by molar-refractivity contribution is 6.22. The van der Waals surface area contributed by atoms with E-state index in [9.17, 15) is 24.0 Å². The SMILES string of the molecule is CCOC(=O)c1ccc(NC(=O)COC(=O)c2ccc(N3C(=O)[C@@H]4[C@@H]5C[C@@H]([C@@H]4C3=O)[C@@H](c3ccccc3)C5)cc2)cc1. The van der Waals surface area contributed by atoms with Crippen molar-refractivity contribution in [2.24, 2.45) is 23.7 Å². The van der Waals surface area contributed by atoms with Crippen LogP contribution in [0.25, 0.3) is 0 Å². The second-order valence-electron chi connectivity index (χ2n) is 10.9. The van der Waals surface area contributed by atoms with Crippen LogP contribution in [0.4, 0.5) is 11.4 Å². The van der Waals surface area contributed by atoms with Gasteiger partial charge in [-0.05, 0) is 91.6 Å². The Kier molecular flexibility index (Phi) is 7.33. The lowest BCUT2D eigenvalue weighted by Crippen LogP contribution is -2.33. The van der Waals surface area contributed by atoms with Crippen LogP contribution >= 0.6 is 0 Å². The molecule has 0 aromatic heterocycles. The molecule has 1 heterocycles. The molecule has 2 saturated carbocycles. The zero-order valence-electron chi connectivity index (χ0n) is 23.0. The largest absolute Gasteiger partial charge is 0.462 e. The maximum absolute atomic E-state index is 13.5. The molecule has 3 aliphatic rings. The van der Waals surface area contributed by atoms with Crippen LogP contribution in [0.2, 0.25) is 0 Å². The van der Waals surface area contributed by atoms with Gasteiger partial charge in [-0.25, -0.2) is 9.59 Å². The molecule has 1 aliphatic heterocycles. The van der Waals surface area contributed by atoms with Crippen molar-refractivity contribution in [3.05, 3.63) is 95.6 Å². The number of rotatable bonds is 8. The molecule has 6 rings (SSSR count).